The molecule has 0 aromatic heterocycles. The van der Waals surface area contributed by atoms with E-state index >= 15 is 0 Å². The Morgan fingerprint density at radius 3 is 2.94 bits per heavy atom. The summed E-state index contributed by atoms with van der Waals surface area (Å²) in [5, 5.41) is 5.82. The molecule has 5 nitrogen and oxygen atoms in total. The number of nitrogens with zero attached hydrogens (tertiary/aromatic N) is 3. The average molecular weight is 254 g/mol. The molecule has 0 fully saturated rings. The molecule has 0 radical (unpaired) electrons. The number of hydrogen-bond donors (Lipinski definition) is 1. The lowest BCUT2D eigenvalue weighted by molar-refractivity contribution is -0.120. The predicted octanol–water partition coefficient (Wildman–Crippen LogP) is 2.32. The van der Waals surface area contributed by atoms with Crippen molar-refractivity contribution in [2.75, 3.05) is 13.1 Å². The summed E-state index contributed by atoms with van der Waals surface area (Å²) < 4.78 is 26.1. The normalized spacial score (nSPS) is 9.67. The maximum Gasteiger partial charge on any atom is 0.224 e. The molecule has 0 bridgehead atoms. The van der Waals surface area contributed by atoms with Crippen LogP contribution in [0.3, 0.4) is 0 Å². The molecule has 0 saturated carbocycles. The fraction of sp³-hybridized carbons (Fsp3) is 0.364. The summed E-state index contributed by atoms with van der Waals surface area (Å²) in [4.78, 5) is 14.0. The van der Waals surface area contributed by atoms with Crippen LogP contribution in [0, 0.1) is 11.6 Å². The van der Waals surface area contributed by atoms with E-state index in [4.69, 9.17) is 5.53 Å². The number of carbonyl (C=O) groups excluding carboxylic acids is 1. The van der Waals surface area contributed by atoms with Crippen LogP contribution in [-0.4, -0.2) is 19.0 Å². The van der Waals surface area contributed by atoms with Gasteiger partial charge in [-0.1, -0.05) is 17.2 Å². The molecule has 0 aliphatic rings. The van der Waals surface area contributed by atoms with Crippen molar-refractivity contribution in [1.29, 1.82) is 0 Å². The molecule has 7 heteroatoms. The Labute approximate surface area is 102 Å². The minimum atomic E-state index is -0.998. The fourth-order valence-electron chi connectivity index (χ4n) is 1.34. The number of nitrogens with one attached hydrogen (secondary N) is 1. The topological polar surface area (TPSA) is 77.9 Å². The second-order valence-corrected chi connectivity index (χ2v) is 3.55. The van der Waals surface area contributed by atoms with E-state index in [1.54, 1.807) is 0 Å². The van der Waals surface area contributed by atoms with Crippen LogP contribution >= 0.6 is 0 Å². The van der Waals surface area contributed by atoms with E-state index in [2.05, 4.69) is 15.3 Å². The molecule has 0 spiro atoms. The summed E-state index contributed by atoms with van der Waals surface area (Å²) in [6, 6.07) is 3.71. The predicted molar refractivity (Wildman–Crippen MR) is 61.7 cm³/mol. The molecule has 1 amide bonds. The lowest BCUT2D eigenvalue weighted by Crippen LogP contribution is -2.26. The molecule has 1 aromatic rings. The highest BCUT2D eigenvalue weighted by Gasteiger charge is 2.10. The van der Waals surface area contributed by atoms with Crippen molar-refractivity contribution in [3.63, 3.8) is 0 Å². The quantitative estimate of drug-likeness (QED) is 0.359. The first-order valence-corrected chi connectivity index (χ1v) is 5.35. The Kier molecular flexibility index (Phi) is 5.60. The third-order valence-corrected chi connectivity index (χ3v) is 2.20. The van der Waals surface area contributed by atoms with Gasteiger partial charge in [0.05, 0.1) is 6.42 Å². The highest BCUT2D eigenvalue weighted by atomic mass is 19.2. The number of amides is 1. The molecule has 0 aliphatic heterocycles. The second-order valence-electron chi connectivity index (χ2n) is 3.55. The van der Waals surface area contributed by atoms with E-state index in [1.165, 1.54) is 12.1 Å². The minimum Gasteiger partial charge on any atom is -0.356 e. The van der Waals surface area contributed by atoms with Crippen LogP contribution in [0.4, 0.5) is 8.78 Å². The van der Waals surface area contributed by atoms with E-state index in [9.17, 15) is 13.6 Å². The second kappa shape index (κ2) is 7.24. The van der Waals surface area contributed by atoms with Crippen LogP contribution in [0.5, 0.6) is 0 Å². The summed E-state index contributed by atoms with van der Waals surface area (Å²) >= 11 is 0. The molecule has 0 aliphatic carbocycles. The molecular formula is C11H12F2N4O. The van der Waals surface area contributed by atoms with Crippen LogP contribution < -0.4 is 5.32 Å². The monoisotopic (exact) mass is 254 g/mol. The van der Waals surface area contributed by atoms with E-state index in [0.29, 0.717) is 13.0 Å². The summed E-state index contributed by atoms with van der Waals surface area (Å²) in [6.45, 7) is 0.611. The van der Waals surface area contributed by atoms with Gasteiger partial charge in [0.1, 0.15) is 0 Å². The Morgan fingerprint density at radius 1 is 1.44 bits per heavy atom. The maximum atomic E-state index is 13.2. The average Bonchev–Trinajstić information content (AvgIpc) is 2.35. The van der Waals surface area contributed by atoms with Gasteiger partial charge in [-0.25, -0.2) is 8.78 Å². The van der Waals surface area contributed by atoms with E-state index in [1.807, 2.05) is 0 Å². The van der Waals surface area contributed by atoms with E-state index < -0.39 is 17.5 Å². The largest absolute Gasteiger partial charge is 0.356 e. The molecule has 1 aromatic carbocycles. The van der Waals surface area contributed by atoms with E-state index in [-0.39, 0.29) is 18.5 Å². The maximum absolute atomic E-state index is 13.2. The molecule has 1 N–H and O–H groups in total. The van der Waals surface area contributed by atoms with Gasteiger partial charge in [0.25, 0.3) is 0 Å². The Bertz CT molecular complexity index is 472. The third-order valence-electron chi connectivity index (χ3n) is 2.20. The molecule has 18 heavy (non-hydrogen) atoms. The van der Waals surface area contributed by atoms with Crippen molar-refractivity contribution in [1.82, 2.24) is 5.32 Å². The lowest BCUT2D eigenvalue weighted by Gasteiger charge is -2.05. The van der Waals surface area contributed by atoms with Crippen LogP contribution in [-0.2, 0) is 11.2 Å². The van der Waals surface area contributed by atoms with Crippen LogP contribution in [0.15, 0.2) is 23.3 Å². The zero-order valence-corrected chi connectivity index (χ0v) is 9.57. The van der Waals surface area contributed by atoms with Gasteiger partial charge in [0.2, 0.25) is 5.91 Å². The van der Waals surface area contributed by atoms with Crippen molar-refractivity contribution in [2.24, 2.45) is 5.11 Å². The first-order valence-electron chi connectivity index (χ1n) is 5.35. The van der Waals surface area contributed by atoms with Crippen molar-refractivity contribution < 1.29 is 13.6 Å². The highest BCUT2D eigenvalue weighted by Crippen LogP contribution is 2.11. The first-order chi connectivity index (χ1) is 8.65. The molecule has 96 valence electrons. The standard InChI is InChI=1S/C11H12F2N4O/c12-9-4-1-3-8(11(9)13)7-10(18)15-5-2-6-16-17-14/h1,3-4H,2,5-7H2,(H,15,18). The van der Waals surface area contributed by atoms with Crippen molar-refractivity contribution >= 4 is 5.91 Å². The number of rotatable bonds is 6. The zero-order chi connectivity index (χ0) is 13.4. The van der Waals surface area contributed by atoms with Gasteiger partial charge in [0, 0.05) is 23.6 Å². The number of halogens is 2. The highest BCUT2D eigenvalue weighted by molar-refractivity contribution is 5.78. The van der Waals surface area contributed by atoms with Crippen LogP contribution in [0.2, 0.25) is 0 Å². The Hall–Kier alpha value is -2.14. The Morgan fingerprint density at radius 2 is 2.22 bits per heavy atom. The summed E-state index contributed by atoms with van der Waals surface area (Å²) in [7, 11) is 0. The van der Waals surface area contributed by atoms with Crippen molar-refractivity contribution in [3.8, 4) is 0 Å². The van der Waals surface area contributed by atoms with Gasteiger partial charge in [-0.05, 0) is 18.0 Å². The van der Waals surface area contributed by atoms with Gasteiger partial charge < -0.3 is 5.32 Å². The van der Waals surface area contributed by atoms with Crippen LogP contribution in [0.25, 0.3) is 10.4 Å². The van der Waals surface area contributed by atoms with Crippen LogP contribution in [0.1, 0.15) is 12.0 Å². The van der Waals surface area contributed by atoms with Crippen molar-refractivity contribution in [3.05, 3.63) is 45.8 Å². The van der Waals surface area contributed by atoms with Gasteiger partial charge in [0.15, 0.2) is 11.6 Å². The third kappa shape index (κ3) is 4.39. The number of azide groups is 1. The minimum absolute atomic E-state index is 0.0162. The molecule has 0 saturated heterocycles. The van der Waals surface area contributed by atoms with Gasteiger partial charge in [-0.3, -0.25) is 4.79 Å². The Balaban J connectivity index is 2.40. The zero-order valence-electron chi connectivity index (χ0n) is 9.57. The molecule has 0 heterocycles. The molecular weight excluding hydrogens is 242 g/mol. The van der Waals surface area contributed by atoms with Gasteiger partial charge in [-0.2, -0.15) is 0 Å². The molecule has 0 atom stereocenters. The molecule has 1 rings (SSSR count). The SMILES string of the molecule is [N-]=[N+]=NCCCNC(=O)Cc1cccc(F)c1F. The van der Waals surface area contributed by atoms with Crippen molar-refractivity contribution in [2.45, 2.75) is 12.8 Å². The summed E-state index contributed by atoms with van der Waals surface area (Å²) in [5.74, 6) is -2.37. The number of hydrogen-bond acceptors (Lipinski definition) is 2. The summed E-state index contributed by atoms with van der Waals surface area (Å²) in [6.07, 6.45) is 0.284. The first kappa shape index (κ1) is 13.9. The number of benzene rings is 1. The fourth-order valence-corrected chi connectivity index (χ4v) is 1.34. The molecule has 0 unspecified atom stereocenters. The number of carbonyl (C=O) groups is 1. The summed E-state index contributed by atoms with van der Waals surface area (Å²) in [5.41, 5.74) is 8.04. The smallest absolute Gasteiger partial charge is 0.224 e. The lowest BCUT2D eigenvalue weighted by atomic mass is 10.1. The van der Waals surface area contributed by atoms with E-state index in [0.717, 1.165) is 6.07 Å². The van der Waals surface area contributed by atoms with Gasteiger partial charge in [-0.15, -0.1) is 0 Å². The van der Waals surface area contributed by atoms with Gasteiger partial charge >= 0.3 is 0 Å².